The minimum atomic E-state index is 0.253. The average molecular weight is 170 g/mol. The monoisotopic (exact) mass is 170 g/mol. The first kappa shape index (κ1) is 9.56. The van der Waals surface area contributed by atoms with Crippen molar-refractivity contribution in [3.63, 3.8) is 0 Å². The van der Waals surface area contributed by atoms with Gasteiger partial charge in [-0.3, -0.25) is 0 Å². The summed E-state index contributed by atoms with van der Waals surface area (Å²) in [7, 11) is 2.12. The van der Waals surface area contributed by atoms with Crippen molar-refractivity contribution in [3.8, 4) is 0 Å². The first-order valence-corrected chi connectivity index (χ1v) is 4.73. The van der Waals surface area contributed by atoms with Gasteiger partial charge in [-0.15, -0.1) is 0 Å². The van der Waals surface area contributed by atoms with Crippen LogP contribution in [0.2, 0.25) is 0 Å². The zero-order valence-electron chi connectivity index (χ0n) is 8.85. The van der Waals surface area contributed by atoms with Crippen molar-refractivity contribution >= 4 is 5.90 Å². The van der Waals surface area contributed by atoms with E-state index in [0.29, 0.717) is 6.10 Å². The van der Waals surface area contributed by atoms with E-state index in [0.717, 1.165) is 18.7 Å². The fourth-order valence-electron chi connectivity index (χ4n) is 1.85. The van der Waals surface area contributed by atoms with Crippen LogP contribution >= 0.6 is 0 Å². The third-order valence-electron chi connectivity index (χ3n) is 2.71. The number of nitrogens with zero attached hydrogens (tertiary/aromatic N) is 1. The lowest BCUT2D eigenvalue weighted by molar-refractivity contribution is -0.595. The number of ether oxygens (including phenoxy) is 1. The zero-order valence-corrected chi connectivity index (χ0v) is 8.85. The van der Waals surface area contributed by atoms with Crippen LogP contribution in [-0.2, 0) is 4.74 Å². The molecule has 0 unspecified atom stereocenters. The Morgan fingerprint density at radius 3 is 2.67 bits per heavy atom. The van der Waals surface area contributed by atoms with Crippen LogP contribution in [-0.4, -0.2) is 29.2 Å². The predicted molar refractivity (Wildman–Crippen MR) is 50.7 cm³/mol. The van der Waals surface area contributed by atoms with Crippen LogP contribution in [0.5, 0.6) is 0 Å². The average Bonchev–Trinajstić information content (AvgIpc) is 1.96. The smallest absolute Gasteiger partial charge is 0.336 e. The molecule has 0 saturated heterocycles. The van der Waals surface area contributed by atoms with Gasteiger partial charge in [0.1, 0.15) is 13.2 Å². The van der Waals surface area contributed by atoms with Crippen molar-refractivity contribution in [3.05, 3.63) is 0 Å². The van der Waals surface area contributed by atoms with Gasteiger partial charge in [0.25, 0.3) is 0 Å². The van der Waals surface area contributed by atoms with Crippen LogP contribution in [0.4, 0.5) is 0 Å². The molecule has 1 rings (SSSR count). The second-order valence-corrected chi connectivity index (χ2v) is 4.25. The molecule has 0 radical (unpaired) electrons. The van der Waals surface area contributed by atoms with Gasteiger partial charge < -0.3 is 4.74 Å². The lowest BCUT2D eigenvalue weighted by Gasteiger charge is -2.30. The van der Waals surface area contributed by atoms with E-state index in [2.05, 4.69) is 39.3 Å². The molecule has 0 aromatic heterocycles. The van der Waals surface area contributed by atoms with Gasteiger partial charge in [0.15, 0.2) is 5.54 Å². The Labute approximate surface area is 75.2 Å². The molecular formula is C10H20NO+. The van der Waals surface area contributed by atoms with Gasteiger partial charge in [-0.25, -0.2) is 4.58 Å². The normalized spacial score (nSPS) is 28.6. The molecule has 0 bridgehead atoms. The van der Waals surface area contributed by atoms with Gasteiger partial charge in [0, 0.05) is 20.3 Å². The molecule has 0 N–H and O–H groups in total. The maximum Gasteiger partial charge on any atom is 0.336 e. The van der Waals surface area contributed by atoms with E-state index in [-0.39, 0.29) is 5.54 Å². The van der Waals surface area contributed by atoms with Crippen LogP contribution in [0, 0.1) is 0 Å². The van der Waals surface area contributed by atoms with Gasteiger partial charge in [0.2, 0.25) is 0 Å². The summed E-state index contributed by atoms with van der Waals surface area (Å²) in [6.45, 7) is 8.81. The Morgan fingerprint density at radius 2 is 2.17 bits per heavy atom. The van der Waals surface area contributed by atoms with E-state index in [9.17, 15) is 0 Å². The van der Waals surface area contributed by atoms with Gasteiger partial charge in [-0.05, 0) is 6.92 Å². The molecule has 1 atom stereocenters. The van der Waals surface area contributed by atoms with E-state index in [4.69, 9.17) is 4.74 Å². The van der Waals surface area contributed by atoms with Crippen molar-refractivity contribution < 1.29 is 9.31 Å². The lowest BCUT2D eigenvalue weighted by atomic mass is 9.95. The highest BCUT2D eigenvalue weighted by Gasteiger charge is 2.38. The molecule has 2 nitrogen and oxygen atoms in total. The standard InChI is InChI=1S/C10H20NO/c1-6-9-11(5)10(3,4)7-8(2)12-9/h8H,6-7H2,1-5H3/q+1/t8-/m0/s1. The van der Waals surface area contributed by atoms with Gasteiger partial charge in [-0.1, -0.05) is 6.92 Å². The molecular weight excluding hydrogens is 150 g/mol. The molecule has 0 aromatic rings. The first-order valence-electron chi connectivity index (χ1n) is 4.73. The van der Waals surface area contributed by atoms with Crippen LogP contribution in [0.15, 0.2) is 0 Å². The van der Waals surface area contributed by atoms with E-state index < -0.39 is 0 Å². The molecule has 12 heavy (non-hydrogen) atoms. The second kappa shape index (κ2) is 3.08. The molecule has 70 valence electrons. The Morgan fingerprint density at radius 1 is 1.58 bits per heavy atom. The van der Waals surface area contributed by atoms with E-state index in [1.165, 1.54) is 0 Å². The van der Waals surface area contributed by atoms with E-state index in [1.807, 2.05) is 0 Å². The summed E-state index contributed by atoms with van der Waals surface area (Å²) in [5.74, 6) is 1.12. The highest BCUT2D eigenvalue weighted by molar-refractivity contribution is 5.71. The largest absolute Gasteiger partial charge is 0.445 e. The molecule has 1 aliphatic heterocycles. The highest BCUT2D eigenvalue weighted by atomic mass is 16.5. The number of rotatable bonds is 1. The van der Waals surface area contributed by atoms with Crippen LogP contribution < -0.4 is 0 Å². The van der Waals surface area contributed by atoms with Crippen LogP contribution in [0.3, 0.4) is 0 Å². The van der Waals surface area contributed by atoms with E-state index >= 15 is 0 Å². The molecule has 0 fully saturated rings. The zero-order chi connectivity index (χ0) is 9.35. The third-order valence-corrected chi connectivity index (χ3v) is 2.71. The van der Waals surface area contributed by atoms with E-state index in [1.54, 1.807) is 0 Å². The van der Waals surface area contributed by atoms with Crippen LogP contribution in [0.1, 0.15) is 40.5 Å². The number of hydrogen-bond donors (Lipinski definition) is 0. The minimum absolute atomic E-state index is 0.253. The molecule has 0 aromatic carbocycles. The summed E-state index contributed by atoms with van der Waals surface area (Å²) in [4.78, 5) is 0. The summed E-state index contributed by atoms with van der Waals surface area (Å²) < 4.78 is 7.98. The first-order chi connectivity index (χ1) is 5.47. The summed E-state index contributed by atoms with van der Waals surface area (Å²) in [6.07, 6.45) is 2.46. The van der Waals surface area contributed by atoms with Crippen molar-refractivity contribution in [1.82, 2.24) is 0 Å². The van der Waals surface area contributed by atoms with Gasteiger partial charge in [0.05, 0.1) is 6.42 Å². The molecule has 0 saturated carbocycles. The van der Waals surface area contributed by atoms with Crippen molar-refractivity contribution in [2.45, 2.75) is 52.2 Å². The summed E-state index contributed by atoms with van der Waals surface area (Å²) in [5.41, 5.74) is 0.253. The summed E-state index contributed by atoms with van der Waals surface area (Å²) in [6, 6.07) is 0. The Kier molecular flexibility index (Phi) is 2.45. The maximum atomic E-state index is 5.73. The molecule has 0 spiro atoms. The molecule has 2 heteroatoms. The third kappa shape index (κ3) is 1.62. The Bertz CT molecular complexity index is 206. The SMILES string of the molecule is CCC1=[N+](C)C(C)(C)C[C@H](C)O1. The second-order valence-electron chi connectivity index (χ2n) is 4.25. The fourth-order valence-corrected chi connectivity index (χ4v) is 1.85. The lowest BCUT2D eigenvalue weighted by Crippen LogP contribution is -2.46. The van der Waals surface area contributed by atoms with Crippen LogP contribution in [0.25, 0.3) is 0 Å². The van der Waals surface area contributed by atoms with Gasteiger partial charge in [-0.2, -0.15) is 0 Å². The Hall–Kier alpha value is -0.530. The topological polar surface area (TPSA) is 12.2 Å². The fraction of sp³-hybridized carbons (Fsp3) is 0.900. The van der Waals surface area contributed by atoms with Crippen molar-refractivity contribution in [2.24, 2.45) is 0 Å². The summed E-state index contributed by atoms with van der Waals surface area (Å²) >= 11 is 0. The minimum Gasteiger partial charge on any atom is -0.445 e. The predicted octanol–water partition coefficient (Wildman–Crippen LogP) is 2.02. The van der Waals surface area contributed by atoms with Crippen molar-refractivity contribution in [2.75, 3.05) is 7.05 Å². The van der Waals surface area contributed by atoms with Gasteiger partial charge >= 0.3 is 5.90 Å². The molecule has 1 heterocycles. The quantitative estimate of drug-likeness (QED) is 0.548. The maximum absolute atomic E-state index is 5.73. The molecule has 0 amide bonds. The number of hydrogen-bond acceptors (Lipinski definition) is 1. The molecule has 0 aliphatic carbocycles. The highest BCUT2D eigenvalue weighted by Crippen LogP contribution is 2.23. The molecule has 1 aliphatic rings. The Balaban J connectivity index is 2.94. The van der Waals surface area contributed by atoms with Crippen molar-refractivity contribution in [1.29, 1.82) is 0 Å². The summed E-state index contributed by atoms with van der Waals surface area (Å²) in [5, 5.41) is 0.